The normalized spacial score (nSPS) is 30.1. The van der Waals surface area contributed by atoms with E-state index in [-0.39, 0.29) is 29.9 Å². The van der Waals surface area contributed by atoms with Gasteiger partial charge >= 0.3 is 0 Å². The van der Waals surface area contributed by atoms with Crippen molar-refractivity contribution in [2.75, 3.05) is 19.8 Å². The second kappa shape index (κ2) is 7.66. The van der Waals surface area contributed by atoms with E-state index in [9.17, 15) is 4.79 Å². The maximum absolute atomic E-state index is 12.8. The zero-order valence-electron chi connectivity index (χ0n) is 16.0. The number of aromatic nitrogens is 2. The molecule has 0 radical (unpaired) electrons. The molecule has 1 amide bonds. The highest BCUT2D eigenvalue weighted by Gasteiger charge is 2.43. The number of amides is 1. The molecule has 29 heavy (non-hydrogen) atoms. The van der Waals surface area contributed by atoms with Crippen molar-refractivity contribution in [3.63, 3.8) is 0 Å². The third-order valence-electron chi connectivity index (χ3n) is 5.81. The Hall–Kier alpha value is -2.04. The molecule has 0 spiro atoms. The van der Waals surface area contributed by atoms with Crippen LogP contribution in [0.25, 0.3) is 0 Å². The lowest BCUT2D eigenvalue weighted by atomic mass is 10.0. The topological polar surface area (TPSA) is 95.8 Å². The van der Waals surface area contributed by atoms with E-state index in [1.54, 1.807) is 10.0 Å². The van der Waals surface area contributed by atoms with Crippen LogP contribution in [-0.4, -0.2) is 51.9 Å². The Bertz CT molecular complexity index is 890. The summed E-state index contributed by atoms with van der Waals surface area (Å²) in [6, 6.07) is 7.48. The molecule has 1 aromatic heterocycles. The molecular formula is C19H23ClN6O3. The number of fused-ring (bicyclic) bond motifs is 1. The minimum absolute atomic E-state index is 0.00516. The van der Waals surface area contributed by atoms with E-state index >= 15 is 0 Å². The Kier molecular flexibility index (Phi) is 5.00. The molecule has 0 bridgehead atoms. The average molecular weight is 419 g/mol. The number of ether oxygens (including phenoxy) is 1. The molecule has 1 aromatic carbocycles. The van der Waals surface area contributed by atoms with Crippen molar-refractivity contribution in [2.24, 2.45) is 5.92 Å². The number of nitrogens with one attached hydrogen (secondary N) is 2. The van der Waals surface area contributed by atoms with Crippen LogP contribution in [-0.2, 0) is 16.1 Å². The molecule has 3 aliphatic heterocycles. The third-order valence-corrected chi connectivity index (χ3v) is 6.06. The lowest BCUT2D eigenvalue weighted by Gasteiger charge is -2.37. The number of halogens is 1. The molecule has 2 N–H and O–H groups in total. The van der Waals surface area contributed by atoms with Gasteiger partial charge in [-0.05, 0) is 30.0 Å². The second-order valence-corrected chi connectivity index (χ2v) is 8.30. The van der Waals surface area contributed by atoms with Gasteiger partial charge in [0.25, 0.3) is 0 Å². The number of carbonyl (C=O) groups excluding carboxylic acids is 1. The fourth-order valence-corrected chi connectivity index (χ4v) is 4.28. The van der Waals surface area contributed by atoms with Crippen molar-refractivity contribution in [1.29, 1.82) is 0 Å². The number of hydrogen-bond acceptors (Lipinski definition) is 8. The van der Waals surface area contributed by atoms with Crippen molar-refractivity contribution in [1.82, 2.24) is 31.0 Å². The van der Waals surface area contributed by atoms with Crippen molar-refractivity contribution in [2.45, 2.75) is 38.0 Å². The molecule has 0 aliphatic carbocycles. The highest BCUT2D eigenvalue weighted by Crippen LogP contribution is 2.37. The summed E-state index contributed by atoms with van der Waals surface area (Å²) in [6.07, 6.45) is 0.778. The zero-order chi connectivity index (χ0) is 20.0. The molecular weight excluding hydrogens is 396 g/mol. The Balaban J connectivity index is 1.22. The molecule has 4 atom stereocenters. The van der Waals surface area contributed by atoms with Gasteiger partial charge in [-0.1, -0.05) is 35.8 Å². The molecule has 154 valence electrons. The van der Waals surface area contributed by atoms with Gasteiger partial charge in [0.2, 0.25) is 11.8 Å². The van der Waals surface area contributed by atoms with Crippen LogP contribution in [0.15, 0.2) is 28.8 Å². The Morgan fingerprint density at radius 3 is 2.93 bits per heavy atom. The van der Waals surface area contributed by atoms with Gasteiger partial charge in [0.05, 0.1) is 19.4 Å². The van der Waals surface area contributed by atoms with E-state index in [0.29, 0.717) is 36.6 Å². The number of nitrogens with zero attached hydrogens (tertiary/aromatic N) is 4. The molecule has 4 heterocycles. The van der Waals surface area contributed by atoms with Crippen molar-refractivity contribution >= 4 is 17.5 Å². The third kappa shape index (κ3) is 3.64. The summed E-state index contributed by atoms with van der Waals surface area (Å²) in [5.74, 6) is 1.44. The molecule has 10 heteroatoms. The van der Waals surface area contributed by atoms with Crippen LogP contribution in [0, 0.1) is 5.92 Å². The fraction of sp³-hybridized carbons (Fsp3) is 0.526. The van der Waals surface area contributed by atoms with E-state index in [1.807, 2.05) is 24.3 Å². The van der Waals surface area contributed by atoms with E-state index in [0.717, 1.165) is 18.5 Å². The molecule has 5 rings (SSSR count). The number of hydrazine groups is 2. The van der Waals surface area contributed by atoms with Gasteiger partial charge in [0.15, 0.2) is 5.82 Å². The first-order chi connectivity index (χ1) is 14.1. The van der Waals surface area contributed by atoms with Crippen molar-refractivity contribution in [3.8, 4) is 0 Å². The van der Waals surface area contributed by atoms with Crippen LogP contribution in [0.4, 0.5) is 0 Å². The minimum Gasteiger partial charge on any atom is -0.373 e. The first-order valence-electron chi connectivity index (χ1n) is 9.83. The van der Waals surface area contributed by atoms with Gasteiger partial charge in [-0.2, -0.15) is 10.1 Å². The molecule has 0 saturated carbocycles. The largest absolute Gasteiger partial charge is 0.373 e. The predicted molar refractivity (Wildman–Crippen MR) is 103 cm³/mol. The molecule has 2 unspecified atom stereocenters. The summed E-state index contributed by atoms with van der Waals surface area (Å²) >= 11 is 5.96. The average Bonchev–Trinajstić information content (AvgIpc) is 3.45. The van der Waals surface area contributed by atoms with Crippen molar-refractivity contribution in [3.05, 3.63) is 46.6 Å². The van der Waals surface area contributed by atoms with E-state index in [1.165, 1.54) is 0 Å². The van der Waals surface area contributed by atoms with Gasteiger partial charge in [-0.3, -0.25) is 4.79 Å². The SMILES string of the molecule is CC1CNN2NCN(Cc3nc([C@@H]4CO[C@@H](c5ccc(Cl)cc5)C4)no3)C(=O)C12. The standard InChI is InChI=1S/C19H23ClN6O3/c1-11-7-21-26-17(11)19(27)25(10-22-26)8-16-23-18(24-29-16)13-6-15(28-9-13)12-2-4-14(20)5-3-12/h2-5,11,13,15,17,21-22H,6-10H2,1H3/t11?,13-,15+,17?/m0/s1. The van der Waals surface area contributed by atoms with Gasteiger partial charge < -0.3 is 14.2 Å². The van der Waals surface area contributed by atoms with Gasteiger partial charge in [-0.25, -0.2) is 10.9 Å². The molecule has 9 nitrogen and oxygen atoms in total. The van der Waals surface area contributed by atoms with Crippen LogP contribution in [0.3, 0.4) is 0 Å². The highest BCUT2D eigenvalue weighted by molar-refractivity contribution is 6.30. The van der Waals surface area contributed by atoms with E-state index < -0.39 is 0 Å². The maximum Gasteiger partial charge on any atom is 0.246 e. The Morgan fingerprint density at radius 1 is 1.28 bits per heavy atom. The first kappa shape index (κ1) is 19.0. The lowest BCUT2D eigenvalue weighted by Crippen LogP contribution is -2.63. The number of hydrogen-bond donors (Lipinski definition) is 2. The summed E-state index contributed by atoms with van der Waals surface area (Å²) in [5.41, 5.74) is 7.49. The highest BCUT2D eigenvalue weighted by atomic mass is 35.5. The monoisotopic (exact) mass is 418 g/mol. The number of benzene rings is 1. The smallest absolute Gasteiger partial charge is 0.246 e. The fourth-order valence-electron chi connectivity index (χ4n) is 4.15. The Morgan fingerprint density at radius 2 is 2.10 bits per heavy atom. The van der Waals surface area contributed by atoms with Gasteiger partial charge in [0.1, 0.15) is 12.6 Å². The van der Waals surface area contributed by atoms with E-state index in [4.69, 9.17) is 20.9 Å². The summed E-state index contributed by atoms with van der Waals surface area (Å²) in [5, 5.41) is 6.65. The summed E-state index contributed by atoms with van der Waals surface area (Å²) in [6.45, 7) is 4.07. The molecule has 2 aromatic rings. The quantitative estimate of drug-likeness (QED) is 0.773. The van der Waals surface area contributed by atoms with Crippen LogP contribution in [0.1, 0.15) is 42.6 Å². The first-order valence-corrected chi connectivity index (χ1v) is 10.2. The predicted octanol–water partition coefficient (Wildman–Crippen LogP) is 1.60. The number of rotatable bonds is 4. The van der Waals surface area contributed by atoms with Crippen molar-refractivity contribution < 1.29 is 14.1 Å². The summed E-state index contributed by atoms with van der Waals surface area (Å²) in [4.78, 5) is 19.0. The summed E-state index contributed by atoms with van der Waals surface area (Å²) < 4.78 is 11.4. The zero-order valence-corrected chi connectivity index (χ0v) is 16.8. The number of carbonyl (C=O) groups is 1. The second-order valence-electron chi connectivity index (χ2n) is 7.86. The maximum atomic E-state index is 12.8. The van der Waals surface area contributed by atoms with E-state index in [2.05, 4.69) is 27.9 Å². The molecule has 3 fully saturated rings. The van der Waals surface area contributed by atoms with Crippen LogP contribution < -0.4 is 10.9 Å². The minimum atomic E-state index is -0.213. The lowest BCUT2D eigenvalue weighted by molar-refractivity contribution is -0.149. The van der Waals surface area contributed by atoms with Crippen LogP contribution in [0.2, 0.25) is 5.02 Å². The van der Waals surface area contributed by atoms with Crippen LogP contribution in [0.5, 0.6) is 0 Å². The summed E-state index contributed by atoms with van der Waals surface area (Å²) in [7, 11) is 0. The van der Waals surface area contributed by atoms with Gasteiger partial charge in [0, 0.05) is 17.5 Å². The molecule has 3 aliphatic rings. The van der Waals surface area contributed by atoms with Gasteiger partial charge in [-0.15, -0.1) is 0 Å². The van der Waals surface area contributed by atoms with Crippen LogP contribution >= 0.6 is 11.6 Å². The Labute approximate surface area is 173 Å². The molecule has 3 saturated heterocycles.